The number of hydrogen-bond acceptors (Lipinski definition) is 3. The molecule has 3 rings (SSSR count). The molecule has 0 radical (unpaired) electrons. The van der Waals surface area contributed by atoms with Gasteiger partial charge in [-0.15, -0.1) is 0 Å². The van der Waals surface area contributed by atoms with E-state index in [0.717, 1.165) is 42.7 Å². The number of fused-ring (bicyclic) bond motifs is 1. The molecule has 1 fully saturated rings. The van der Waals surface area contributed by atoms with Gasteiger partial charge in [-0.2, -0.15) is 0 Å². The van der Waals surface area contributed by atoms with Crippen LogP contribution in [0.1, 0.15) is 38.3 Å². The van der Waals surface area contributed by atoms with Crippen molar-refractivity contribution in [1.29, 1.82) is 0 Å². The summed E-state index contributed by atoms with van der Waals surface area (Å²) >= 11 is 5.96. The number of nitrogens with zero attached hydrogens (tertiary/aromatic N) is 3. The number of pyridine rings is 2. The van der Waals surface area contributed by atoms with E-state index in [2.05, 4.69) is 21.4 Å². The lowest BCUT2D eigenvalue weighted by molar-refractivity contribution is 0.178. The molecule has 6 heteroatoms. The van der Waals surface area contributed by atoms with E-state index in [1.807, 2.05) is 30.9 Å². The number of urea groups is 1. The Hall–Kier alpha value is -1.88. The standard InChI is InChI=1S/C17H21ClN4O/c1-11(2)20-17(23)22-7-5-12(6-8-22)15-4-3-13-9-14(18)10-19-16(13)21-15/h3-4,9-12H,5-8H2,1-2H3,(H,20,23). The maximum atomic E-state index is 12.0. The van der Waals surface area contributed by atoms with Crippen molar-refractivity contribution in [2.24, 2.45) is 0 Å². The fourth-order valence-corrected chi connectivity index (χ4v) is 3.11. The van der Waals surface area contributed by atoms with Crippen molar-refractivity contribution >= 4 is 28.7 Å². The molecule has 1 saturated heterocycles. The van der Waals surface area contributed by atoms with Crippen molar-refractivity contribution in [3.05, 3.63) is 35.1 Å². The predicted molar refractivity (Wildman–Crippen MR) is 91.8 cm³/mol. The lowest BCUT2D eigenvalue weighted by Crippen LogP contribution is -2.46. The van der Waals surface area contributed by atoms with E-state index in [4.69, 9.17) is 11.6 Å². The van der Waals surface area contributed by atoms with Crippen LogP contribution in [0, 0.1) is 0 Å². The number of nitrogens with one attached hydrogen (secondary N) is 1. The summed E-state index contributed by atoms with van der Waals surface area (Å²) in [7, 11) is 0. The lowest BCUT2D eigenvalue weighted by atomic mass is 9.93. The minimum absolute atomic E-state index is 0.0289. The van der Waals surface area contributed by atoms with Crippen molar-refractivity contribution in [3.8, 4) is 0 Å². The fraction of sp³-hybridized carbons (Fsp3) is 0.471. The van der Waals surface area contributed by atoms with Gasteiger partial charge in [-0.1, -0.05) is 11.6 Å². The van der Waals surface area contributed by atoms with Gasteiger partial charge in [0.05, 0.1) is 5.02 Å². The molecule has 0 saturated carbocycles. The van der Waals surface area contributed by atoms with Crippen LogP contribution >= 0.6 is 11.6 Å². The Morgan fingerprint density at radius 3 is 2.78 bits per heavy atom. The summed E-state index contributed by atoms with van der Waals surface area (Å²) in [6, 6.07) is 6.14. The van der Waals surface area contributed by atoms with Gasteiger partial charge in [-0.3, -0.25) is 0 Å². The van der Waals surface area contributed by atoms with E-state index in [1.165, 1.54) is 0 Å². The molecule has 0 bridgehead atoms. The highest BCUT2D eigenvalue weighted by atomic mass is 35.5. The van der Waals surface area contributed by atoms with Gasteiger partial charge in [-0.05, 0) is 44.9 Å². The summed E-state index contributed by atoms with van der Waals surface area (Å²) in [5.74, 6) is 0.375. The van der Waals surface area contributed by atoms with Gasteiger partial charge in [0.2, 0.25) is 0 Å². The largest absolute Gasteiger partial charge is 0.336 e. The minimum Gasteiger partial charge on any atom is -0.336 e. The molecule has 0 atom stereocenters. The number of rotatable bonds is 2. The average Bonchev–Trinajstić information content (AvgIpc) is 2.54. The van der Waals surface area contributed by atoms with E-state index < -0.39 is 0 Å². The molecule has 2 amide bonds. The smallest absolute Gasteiger partial charge is 0.317 e. The third-order valence-corrected chi connectivity index (χ3v) is 4.35. The van der Waals surface area contributed by atoms with Crippen LogP contribution < -0.4 is 5.32 Å². The number of carbonyl (C=O) groups is 1. The quantitative estimate of drug-likeness (QED) is 0.914. The van der Waals surface area contributed by atoms with Gasteiger partial charge < -0.3 is 10.2 Å². The van der Waals surface area contributed by atoms with Crippen LogP contribution in [0.3, 0.4) is 0 Å². The zero-order valence-electron chi connectivity index (χ0n) is 13.4. The van der Waals surface area contributed by atoms with Gasteiger partial charge in [0.1, 0.15) is 0 Å². The van der Waals surface area contributed by atoms with Crippen LogP contribution in [-0.4, -0.2) is 40.0 Å². The highest BCUT2D eigenvalue weighted by molar-refractivity contribution is 6.31. The number of piperidine rings is 1. The molecular weight excluding hydrogens is 312 g/mol. The zero-order chi connectivity index (χ0) is 16.4. The Kier molecular flexibility index (Phi) is 4.66. The van der Waals surface area contributed by atoms with E-state index in [-0.39, 0.29) is 12.1 Å². The van der Waals surface area contributed by atoms with Crippen LogP contribution in [-0.2, 0) is 0 Å². The van der Waals surface area contributed by atoms with Gasteiger partial charge in [0.25, 0.3) is 0 Å². The van der Waals surface area contributed by atoms with Crippen LogP contribution in [0.25, 0.3) is 11.0 Å². The minimum atomic E-state index is 0.0289. The number of likely N-dealkylation sites (tertiary alicyclic amines) is 1. The molecular formula is C17H21ClN4O. The first-order valence-electron chi connectivity index (χ1n) is 8.00. The molecule has 0 spiro atoms. The summed E-state index contributed by atoms with van der Waals surface area (Å²) in [6.45, 7) is 5.47. The molecule has 2 aromatic rings. The van der Waals surface area contributed by atoms with Crippen molar-refractivity contribution in [3.63, 3.8) is 0 Å². The Labute approximate surface area is 141 Å². The van der Waals surface area contributed by atoms with Crippen LogP contribution in [0.2, 0.25) is 5.02 Å². The molecule has 2 aromatic heterocycles. The molecule has 3 heterocycles. The van der Waals surface area contributed by atoms with E-state index in [0.29, 0.717) is 10.9 Å². The molecule has 23 heavy (non-hydrogen) atoms. The summed E-state index contributed by atoms with van der Waals surface area (Å²) < 4.78 is 0. The Balaban J connectivity index is 1.68. The zero-order valence-corrected chi connectivity index (χ0v) is 14.2. The second-order valence-electron chi connectivity index (χ2n) is 6.30. The maximum absolute atomic E-state index is 12.0. The SMILES string of the molecule is CC(C)NC(=O)N1CCC(c2ccc3cc(Cl)cnc3n2)CC1. The van der Waals surface area contributed by atoms with Gasteiger partial charge in [0.15, 0.2) is 5.65 Å². The number of amides is 2. The first kappa shape index (κ1) is 16.0. The second kappa shape index (κ2) is 6.71. The van der Waals surface area contributed by atoms with E-state index >= 15 is 0 Å². The van der Waals surface area contributed by atoms with Crippen LogP contribution in [0.5, 0.6) is 0 Å². The highest BCUT2D eigenvalue weighted by Crippen LogP contribution is 2.28. The van der Waals surface area contributed by atoms with Crippen molar-refractivity contribution in [1.82, 2.24) is 20.2 Å². The Bertz CT molecular complexity index is 711. The van der Waals surface area contributed by atoms with Gasteiger partial charge in [-0.25, -0.2) is 14.8 Å². The third-order valence-electron chi connectivity index (χ3n) is 4.14. The second-order valence-corrected chi connectivity index (χ2v) is 6.74. The van der Waals surface area contributed by atoms with E-state index in [1.54, 1.807) is 6.20 Å². The normalized spacial score (nSPS) is 16.1. The maximum Gasteiger partial charge on any atom is 0.317 e. The van der Waals surface area contributed by atoms with Crippen molar-refractivity contribution in [2.75, 3.05) is 13.1 Å². The Morgan fingerprint density at radius 2 is 2.09 bits per heavy atom. The monoisotopic (exact) mass is 332 g/mol. The fourth-order valence-electron chi connectivity index (χ4n) is 2.94. The molecule has 1 aliphatic rings. The van der Waals surface area contributed by atoms with Crippen molar-refractivity contribution in [2.45, 2.75) is 38.6 Å². The third kappa shape index (κ3) is 3.72. The number of carbonyl (C=O) groups excluding carboxylic acids is 1. The van der Waals surface area contributed by atoms with Crippen LogP contribution in [0.15, 0.2) is 24.4 Å². The van der Waals surface area contributed by atoms with Crippen LogP contribution in [0.4, 0.5) is 4.79 Å². The predicted octanol–water partition coefficient (Wildman–Crippen LogP) is 3.58. The summed E-state index contributed by atoms with van der Waals surface area (Å²) in [5, 5.41) is 4.52. The topological polar surface area (TPSA) is 58.1 Å². The first-order chi connectivity index (χ1) is 11.0. The first-order valence-corrected chi connectivity index (χ1v) is 8.38. The number of aromatic nitrogens is 2. The molecule has 0 unspecified atom stereocenters. The molecule has 5 nitrogen and oxygen atoms in total. The molecule has 0 aromatic carbocycles. The van der Waals surface area contributed by atoms with Gasteiger partial charge in [0, 0.05) is 42.3 Å². The average molecular weight is 333 g/mol. The van der Waals surface area contributed by atoms with Gasteiger partial charge >= 0.3 is 6.03 Å². The van der Waals surface area contributed by atoms with Crippen molar-refractivity contribution < 1.29 is 4.79 Å². The Morgan fingerprint density at radius 1 is 1.35 bits per heavy atom. The lowest BCUT2D eigenvalue weighted by Gasteiger charge is -2.32. The highest BCUT2D eigenvalue weighted by Gasteiger charge is 2.25. The molecule has 1 aliphatic heterocycles. The van der Waals surface area contributed by atoms with E-state index in [9.17, 15) is 4.79 Å². The summed E-state index contributed by atoms with van der Waals surface area (Å²) in [4.78, 5) is 22.9. The summed E-state index contributed by atoms with van der Waals surface area (Å²) in [6.07, 6.45) is 3.48. The molecule has 0 aliphatic carbocycles. The number of hydrogen-bond donors (Lipinski definition) is 1. The number of halogens is 1. The molecule has 1 N–H and O–H groups in total. The molecule has 122 valence electrons. The summed E-state index contributed by atoms with van der Waals surface area (Å²) in [5.41, 5.74) is 1.78.